The number of benzene rings is 1. The van der Waals surface area contributed by atoms with Crippen LogP contribution >= 0.6 is 0 Å². The number of rotatable bonds is 4. The van der Waals surface area contributed by atoms with Crippen LogP contribution in [0.1, 0.15) is 11.3 Å². The number of hydrogen-bond acceptors (Lipinski definition) is 4. The van der Waals surface area contributed by atoms with E-state index in [2.05, 4.69) is 0 Å². The van der Waals surface area contributed by atoms with E-state index in [0.717, 1.165) is 11.3 Å². The second-order valence-electron chi connectivity index (χ2n) is 4.54. The van der Waals surface area contributed by atoms with Gasteiger partial charge in [-0.05, 0) is 23.8 Å². The molecule has 0 bridgehead atoms. The zero-order valence-electron chi connectivity index (χ0n) is 11.8. The maximum absolute atomic E-state index is 11.3. The Morgan fingerprint density at radius 3 is 2.40 bits per heavy atom. The first kappa shape index (κ1) is 13.9. The molecule has 0 saturated carbocycles. The molecule has 104 valence electrons. The normalized spacial score (nSPS) is 10.8. The lowest BCUT2D eigenvalue weighted by Gasteiger charge is -2.11. The molecule has 1 heterocycles. The van der Waals surface area contributed by atoms with Crippen molar-refractivity contribution in [3.8, 4) is 5.75 Å². The molecule has 1 aromatic carbocycles. The van der Waals surface area contributed by atoms with Crippen LogP contribution in [0.2, 0.25) is 0 Å². The Labute approximate surface area is 117 Å². The average Bonchev–Trinajstić information content (AvgIpc) is 2.45. The summed E-state index contributed by atoms with van der Waals surface area (Å²) in [6.45, 7) is 0. The molecule has 1 aromatic heterocycles. The van der Waals surface area contributed by atoms with Crippen LogP contribution in [0.4, 0.5) is 5.69 Å². The third-order valence-corrected chi connectivity index (χ3v) is 2.85. The first-order valence-electron chi connectivity index (χ1n) is 6.23. The minimum atomic E-state index is -0.424. The molecule has 0 spiro atoms. The zero-order valence-corrected chi connectivity index (χ0v) is 11.8. The molecular formula is C16H17NO3. The summed E-state index contributed by atoms with van der Waals surface area (Å²) in [5.74, 6) is 0.954. The van der Waals surface area contributed by atoms with Crippen LogP contribution in [0.25, 0.3) is 12.2 Å². The molecule has 0 aliphatic carbocycles. The number of methoxy groups -OCH3 is 1. The van der Waals surface area contributed by atoms with E-state index < -0.39 is 5.63 Å². The van der Waals surface area contributed by atoms with Crippen LogP contribution in [0.3, 0.4) is 0 Å². The molecule has 0 aliphatic rings. The van der Waals surface area contributed by atoms with Crippen LogP contribution in [-0.2, 0) is 0 Å². The zero-order chi connectivity index (χ0) is 14.5. The Morgan fingerprint density at radius 1 is 1.10 bits per heavy atom. The molecule has 0 aliphatic heterocycles. The lowest BCUT2D eigenvalue weighted by atomic mass is 10.2. The van der Waals surface area contributed by atoms with Gasteiger partial charge in [0.2, 0.25) is 0 Å². The Bertz CT molecular complexity index is 654. The Kier molecular flexibility index (Phi) is 4.25. The van der Waals surface area contributed by atoms with Gasteiger partial charge in [0.1, 0.15) is 11.5 Å². The van der Waals surface area contributed by atoms with Gasteiger partial charge in [-0.25, -0.2) is 4.79 Å². The second-order valence-corrected chi connectivity index (χ2v) is 4.54. The highest BCUT2D eigenvalue weighted by atomic mass is 16.5. The van der Waals surface area contributed by atoms with Gasteiger partial charge in [0.25, 0.3) is 0 Å². The van der Waals surface area contributed by atoms with Crippen molar-refractivity contribution >= 4 is 17.8 Å². The van der Waals surface area contributed by atoms with Gasteiger partial charge in [0.05, 0.1) is 13.2 Å². The van der Waals surface area contributed by atoms with E-state index in [0.29, 0.717) is 11.5 Å². The lowest BCUT2D eigenvalue weighted by Crippen LogP contribution is -2.07. The highest BCUT2D eigenvalue weighted by Gasteiger charge is 1.99. The summed E-state index contributed by atoms with van der Waals surface area (Å²) in [5.41, 5.74) is 1.74. The smallest absolute Gasteiger partial charge is 0.339 e. The van der Waals surface area contributed by atoms with Crippen LogP contribution in [0, 0.1) is 0 Å². The fraction of sp³-hybridized carbons (Fsp3) is 0.188. The van der Waals surface area contributed by atoms with Crippen LogP contribution in [0.5, 0.6) is 5.75 Å². The minimum Gasteiger partial charge on any atom is -0.496 e. The van der Waals surface area contributed by atoms with Gasteiger partial charge in [-0.2, -0.15) is 0 Å². The van der Waals surface area contributed by atoms with Gasteiger partial charge in [-0.3, -0.25) is 0 Å². The first-order chi connectivity index (χ1) is 9.58. The quantitative estimate of drug-likeness (QED) is 0.857. The van der Waals surface area contributed by atoms with Crippen molar-refractivity contribution in [2.75, 3.05) is 26.1 Å². The summed E-state index contributed by atoms with van der Waals surface area (Å²) in [7, 11) is 5.51. The maximum Gasteiger partial charge on any atom is 0.339 e. The number of nitrogens with zero attached hydrogens (tertiary/aromatic N) is 1. The largest absolute Gasteiger partial charge is 0.496 e. The summed E-state index contributed by atoms with van der Waals surface area (Å²) in [4.78, 5) is 13.4. The molecule has 2 rings (SSSR count). The highest BCUT2D eigenvalue weighted by Crippen LogP contribution is 2.15. The van der Waals surface area contributed by atoms with Crippen molar-refractivity contribution in [1.82, 2.24) is 0 Å². The molecule has 0 radical (unpaired) electrons. The molecule has 0 atom stereocenters. The fourth-order valence-electron chi connectivity index (χ4n) is 1.74. The summed E-state index contributed by atoms with van der Waals surface area (Å²) >= 11 is 0. The third kappa shape index (κ3) is 3.51. The van der Waals surface area contributed by atoms with Crippen molar-refractivity contribution < 1.29 is 9.15 Å². The number of anilines is 1. The highest BCUT2D eigenvalue weighted by molar-refractivity contribution is 5.68. The van der Waals surface area contributed by atoms with Gasteiger partial charge in [-0.1, -0.05) is 18.2 Å². The third-order valence-electron chi connectivity index (χ3n) is 2.85. The lowest BCUT2D eigenvalue weighted by molar-refractivity contribution is 0.400. The van der Waals surface area contributed by atoms with E-state index in [-0.39, 0.29) is 0 Å². The average molecular weight is 271 g/mol. The number of ether oxygens (including phenoxy) is 1. The minimum absolute atomic E-state index is 0.424. The van der Waals surface area contributed by atoms with Gasteiger partial charge in [0.15, 0.2) is 0 Å². The molecule has 0 N–H and O–H groups in total. The van der Waals surface area contributed by atoms with Crippen LogP contribution in [-0.4, -0.2) is 21.2 Å². The predicted molar refractivity (Wildman–Crippen MR) is 81.2 cm³/mol. The van der Waals surface area contributed by atoms with Crippen LogP contribution in [0.15, 0.2) is 45.6 Å². The molecule has 20 heavy (non-hydrogen) atoms. The standard InChI is InChI=1S/C16H17NO3/c1-17(2)13-7-4-12(5-8-13)6-9-14-10-15(19-3)11-16(18)20-14/h4-11H,1-3H3. The Morgan fingerprint density at radius 2 is 1.80 bits per heavy atom. The SMILES string of the molecule is COc1cc(C=Cc2ccc(N(C)C)cc2)oc(=O)c1. The van der Waals surface area contributed by atoms with Gasteiger partial charge < -0.3 is 14.1 Å². The topological polar surface area (TPSA) is 42.7 Å². The van der Waals surface area contributed by atoms with Crippen molar-refractivity contribution in [2.24, 2.45) is 0 Å². The van der Waals surface area contributed by atoms with Gasteiger partial charge in [-0.15, -0.1) is 0 Å². The summed E-state index contributed by atoms with van der Waals surface area (Å²) in [6, 6.07) is 11.0. The van der Waals surface area contributed by atoms with Crippen LogP contribution < -0.4 is 15.3 Å². The van der Waals surface area contributed by atoms with E-state index in [1.54, 1.807) is 12.1 Å². The van der Waals surface area contributed by atoms with Crippen molar-refractivity contribution in [3.63, 3.8) is 0 Å². The Hall–Kier alpha value is -2.49. The van der Waals surface area contributed by atoms with E-state index in [9.17, 15) is 4.79 Å². The number of hydrogen-bond donors (Lipinski definition) is 0. The second kappa shape index (κ2) is 6.10. The van der Waals surface area contributed by atoms with E-state index in [1.807, 2.05) is 49.3 Å². The molecule has 0 unspecified atom stereocenters. The molecule has 4 heteroatoms. The summed E-state index contributed by atoms with van der Waals surface area (Å²) in [6.07, 6.45) is 3.63. The molecule has 0 amide bonds. The summed E-state index contributed by atoms with van der Waals surface area (Å²) < 4.78 is 10.1. The molecule has 0 saturated heterocycles. The molecule has 2 aromatic rings. The fourth-order valence-corrected chi connectivity index (χ4v) is 1.74. The van der Waals surface area contributed by atoms with Gasteiger partial charge in [0, 0.05) is 25.8 Å². The maximum atomic E-state index is 11.3. The molecular weight excluding hydrogens is 254 g/mol. The van der Waals surface area contributed by atoms with E-state index in [4.69, 9.17) is 9.15 Å². The summed E-state index contributed by atoms with van der Waals surface area (Å²) in [5, 5.41) is 0. The molecule has 0 fully saturated rings. The predicted octanol–water partition coefficient (Wildman–Crippen LogP) is 2.88. The Balaban J connectivity index is 2.20. The van der Waals surface area contributed by atoms with E-state index >= 15 is 0 Å². The van der Waals surface area contributed by atoms with Crippen molar-refractivity contribution in [1.29, 1.82) is 0 Å². The monoisotopic (exact) mass is 271 g/mol. The first-order valence-corrected chi connectivity index (χ1v) is 6.23. The van der Waals surface area contributed by atoms with Gasteiger partial charge >= 0.3 is 5.63 Å². The van der Waals surface area contributed by atoms with Crippen molar-refractivity contribution in [2.45, 2.75) is 0 Å². The van der Waals surface area contributed by atoms with Crippen molar-refractivity contribution in [3.05, 3.63) is 58.1 Å². The van der Waals surface area contributed by atoms with E-state index in [1.165, 1.54) is 13.2 Å². The molecule has 4 nitrogen and oxygen atoms in total.